The number of alkyl carbamates (subject to hydrolysis) is 1. The van der Waals surface area contributed by atoms with E-state index in [4.69, 9.17) is 25.8 Å². The van der Waals surface area contributed by atoms with Crippen LogP contribution in [0.1, 0.15) is 39.2 Å². The Morgan fingerprint density at radius 2 is 1.95 bits per heavy atom. The molecule has 0 aromatic heterocycles. The van der Waals surface area contributed by atoms with Crippen LogP contribution in [0.3, 0.4) is 0 Å². The van der Waals surface area contributed by atoms with Crippen LogP contribution in [0, 0.1) is 5.92 Å². The van der Waals surface area contributed by atoms with Crippen molar-refractivity contribution in [3.8, 4) is 5.75 Å². The number of rotatable bonds is 2. The van der Waals surface area contributed by atoms with Crippen molar-refractivity contribution in [1.29, 1.82) is 0 Å². The molecule has 0 spiro atoms. The third-order valence-electron chi connectivity index (χ3n) is 6.57. The first-order valence-electron chi connectivity index (χ1n) is 12.1. The average Bonchev–Trinajstić information content (AvgIpc) is 2.82. The number of halogens is 1. The summed E-state index contributed by atoms with van der Waals surface area (Å²) in [6, 6.07) is 3.56. The minimum absolute atomic E-state index is 0.0515. The number of aliphatic hydroxyl groups excluding tert-OH is 1. The number of hydrogen-bond donors (Lipinski definition) is 4. The number of hydrogen-bond acceptors (Lipinski definition) is 7. The minimum atomic E-state index is -1.71. The van der Waals surface area contributed by atoms with Crippen LogP contribution in [0.2, 0.25) is 5.02 Å². The van der Waals surface area contributed by atoms with E-state index in [0.29, 0.717) is 23.4 Å². The van der Waals surface area contributed by atoms with Gasteiger partial charge >= 0.3 is 6.09 Å². The molecule has 5 atom stereocenters. The predicted octanol–water partition coefficient (Wildman–Crippen LogP) is 3.88. The Morgan fingerprint density at radius 1 is 1.22 bits per heavy atom. The Bertz CT molecular complexity index is 1120. The number of fused-ring (bicyclic) bond motifs is 4. The van der Waals surface area contributed by atoms with Gasteiger partial charge in [0.25, 0.3) is 0 Å². The SMILES string of the molecule is COc1cc2cc(c1Cl)NC(=O)CC(O)/C(C)=C/C(C)C1CC(O)(NC(=O)O1)C(OC)/C=C/C=C(/C)C2. The summed E-state index contributed by atoms with van der Waals surface area (Å²) in [5.41, 5.74) is 1.03. The molecule has 202 valence electrons. The lowest BCUT2D eigenvalue weighted by Gasteiger charge is -2.41. The highest BCUT2D eigenvalue weighted by molar-refractivity contribution is 6.35. The standard InChI is InChI=1S/C27H35ClN2O7/c1-15-7-6-8-23(36-5)27(34)14-22(37-26(33)30-27)17(3)10-16(2)20(31)13-24(32)29-19-11-18(9-15)12-21(35-4)25(19)28/h6-8,10-12,17,20,22-23,31,34H,9,13-14H2,1-5H3,(H,29,32)(H,30,33)/b8-6+,15-7-,16-10+. The molecular formula is C27H35ClN2O7. The van der Waals surface area contributed by atoms with E-state index in [-0.39, 0.29) is 23.8 Å². The van der Waals surface area contributed by atoms with Gasteiger partial charge in [-0.3, -0.25) is 10.1 Å². The summed E-state index contributed by atoms with van der Waals surface area (Å²) in [6.45, 7) is 5.43. The molecule has 1 fully saturated rings. The van der Waals surface area contributed by atoms with E-state index < -0.39 is 36.0 Å². The minimum Gasteiger partial charge on any atom is -0.495 e. The third-order valence-corrected chi connectivity index (χ3v) is 6.96. The summed E-state index contributed by atoms with van der Waals surface area (Å²) in [4.78, 5) is 25.1. The van der Waals surface area contributed by atoms with Crippen LogP contribution in [0.5, 0.6) is 5.75 Å². The topological polar surface area (TPSA) is 126 Å². The van der Waals surface area contributed by atoms with Gasteiger partial charge in [0.15, 0.2) is 5.72 Å². The summed E-state index contributed by atoms with van der Waals surface area (Å²) in [5.74, 6) is -0.372. The molecule has 9 nitrogen and oxygen atoms in total. The summed E-state index contributed by atoms with van der Waals surface area (Å²) in [6.07, 6.45) is 4.02. The largest absolute Gasteiger partial charge is 0.495 e. The maximum Gasteiger partial charge on any atom is 0.409 e. The number of allylic oxidation sites excluding steroid dienone is 3. The number of benzene rings is 1. The molecule has 10 heteroatoms. The van der Waals surface area contributed by atoms with Crippen LogP contribution in [-0.4, -0.2) is 60.5 Å². The number of carbonyl (C=O) groups is 2. The Labute approximate surface area is 222 Å². The molecule has 4 bridgehead atoms. The van der Waals surface area contributed by atoms with E-state index >= 15 is 0 Å². The smallest absolute Gasteiger partial charge is 0.409 e. The van der Waals surface area contributed by atoms with Crippen molar-refractivity contribution in [2.24, 2.45) is 5.92 Å². The van der Waals surface area contributed by atoms with Crippen molar-refractivity contribution < 1.29 is 34.0 Å². The third kappa shape index (κ3) is 7.13. The number of carbonyl (C=O) groups excluding carboxylic acids is 2. The molecule has 0 aliphatic carbocycles. The van der Waals surface area contributed by atoms with Crippen molar-refractivity contribution in [3.63, 3.8) is 0 Å². The van der Waals surface area contributed by atoms with Crippen LogP contribution in [-0.2, 0) is 20.7 Å². The second-order valence-corrected chi connectivity index (χ2v) is 10.0. The van der Waals surface area contributed by atoms with Gasteiger partial charge in [0, 0.05) is 19.4 Å². The van der Waals surface area contributed by atoms with Gasteiger partial charge in [-0.1, -0.05) is 48.4 Å². The molecule has 1 aromatic rings. The van der Waals surface area contributed by atoms with Gasteiger partial charge in [-0.15, -0.1) is 0 Å². The van der Waals surface area contributed by atoms with Gasteiger partial charge < -0.3 is 29.7 Å². The first kappa shape index (κ1) is 28.7. The molecule has 2 heterocycles. The molecule has 3 rings (SSSR count). The maximum absolute atomic E-state index is 12.8. The second kappa shape index (κ2) is 12.1. The average molecular weight is 535 g/mol. The Balaban J connectivity index is 2.04. The van der Waals surface area contributed by atoms with Crippen LogP contribution < -0.4 is 15.4 Å². The fourth-order valence-electron chi connectivity index (χ4n) is 4.53. The highest BCUT2D eigenvalue weighted by Gasteiger charge is 2.46. The molecule has 4 N–H and O–H groups in total. The predicted molar refractivity (Wildman–Crippen MR) is 141 cm³/mol. The Morgan fingerprint density at radius 3 is 2.62 bits per heavy atom. The number of anilines is 1. The molecule has 0 radical (unpaired) electrons. The zero-order chi connectivity index (χ0) is 27.3. The van der Waals surface area contributed by atoms with Crippen LogP contribution in [0.25, 0.3) is 0 Å². The summed E-state index contributed by atoms with van der Waals surface area (Å²) >= 11 is 6.44. The van der Waals surface area contributed by atoms with Crippen LogP contribution in [0.15, 0.2) is 47.6 Å². The normalized spacial score (nSPS) is 33.1. The van der Waals surface area contributed by atoms with Crippen LogP contribution >= 0.6 is 11.6 Å². The van der Waals surface area contributed by atoms with Gasteiger partial charge in [-0.25, -0.2) is 4.79 Å². The zero-order valence-corrected chi connectivity index (χ0v) is 22.5. The quantitative estimate of drug-likeness (QED) is 0.424. The first-order valence-corrected chi connectivity index (χ1v) is 12.4. The number of nitrogens with one attached hydrogen (secondary N) is 2. The van der Waals surface area contributed by atoms with Gasteiger partial charge in [0.1, 0.15) is 23.0 Å². The number of methoxy groups -OCH3 is 2. The highest BCUT2D eigenvalue weighted by Crippen LogP contribution is 2.35. The van der Waals surface area contributed by atoms with E-state index in [0.717, 1.165) is 11.1 Å². The molecule has 2 aliphatic rings. The van der Waals surface area contributed by atoms with Gasteiger partial charge in [0.2, 0.25) is 5.91 Å². The molecular weight excluding hydrogens is 500 g/mol. The van der Waals surface area contributed by atoms with Crippen molar-refractivity contribution in [3.05, 3.63) is 58.2 Å². The van der Waals surface area contributed by atoms with Gasteiger partial charge in [-0.05, 0) is 43.5 Å². The van der Waals surface area contributed by atoms with E-state index in [1.807, 2.05) is 19.9 Å². The zero-order valence-electron chi connectivity index (χ0n) is 21.7. The lowest BCUT2D eigenvalue weighted by atomic mass is 9.89. The number of amides is 2. The molecule has 1 aromatic carbocycles. The monoisotopic (exact) mass is 534 g/mol. The van der Waals surface area contributed by atoms with Gasteiger partial charge in [0.05, 0.1) is 25.3 Å². The van der Waals surface area contributed by atoms with E-state index in [1.165, 1.54) is 14.2 Å². The molecule has 37 heavy (non-hydrogen) atoms. The van der Waals surface area contributed by atoms with E-state index in [1.54, 1.807) is 37.3 Å². The summed E-state index contributed by atoms with van der Waals surface area (Å²) < 4.78 is 16.3. The molecule has 5 unspecified atom stereocenters. The molecule has 1 saturated heterocycles. The van der Waals surface area contributed by atoms with Crippen molar-refractivity contribution >= 4 is 29.3 Å². The van der Waals surface area contributed by atoms with Crippen molar-refractivity contribution in [1.82, 2.24) is 5.32 Å². The highest BCUT2D eigenvalue weighted by atomic mass is 35.5. The summed E-state index contributed by atoms with van der Waals surface area (Å²) in [7, 11) is 2.95. The van der Waals surface area contributed by atoms with Gasteiger partial charge in [-0.2, -0.15) is 0 Å². The fraction of sp³-hybridized carbons (Fsp3) is 0.481. The van der Waals surface area contributed by atoms with Crippen LogP contribution in [0.4, 0.5) is 10.5 Å². The second-order valence-electron chi connectivity index (χ2n) is 9.63. The molecule has 2 aliphatic heterocycles. The first-order chi connectivity index (χ1) is 17.4. The molecule has 0 saturated carbocycles. The summed E-state index contributed by atoms with van der Waals surface area (Å²) in [5, 5.41) is 27.5. The van der Waals surface area contributed by atoms with Crippen molar-refractivity contribution in [2.45, 2.75) is 64.1 Å². The maximum atomic E-state index is 12.8. The van der Waals surface area contributed by atoms with E-state index in [9.17, 15) is 19.8 Å². The fourth-order valence-corrected chi connectivity index (χ4v) is 4.76. The number of aliphatic hydroxyl groups is 2. The Hall–Kier alpha value is -2.85. The lowest BCUT2D eigenvalue weighted by molar-refractivity contribution is -0.138. The number of ether oxygens (including phenoxy) is 3. The van der Waals surface area contributed by atoms with Crippen molar-refractivity contribution in [2.75, 3.05) is 19.5 Å². The lowest BCUT2D eigenvalue weighted by Crippen LogP contribution is -2.63. The Kier molecular flexibility index (Phi) is 9.41. The van der Waals surface area contributed by atoms with E-state index in [2.05, 4.69) is 10.6 Å². The molecule has 2 amide bonds.